The number of carbonyl (C=O) groups is 1. The normalized spacial score (nSPS) is 26.5. The molecule has 0 radical (unpaired) electrons. The van der Waals surface area contributed by atoms with Gasteiger partial charge in [0.05, 0.1) is 0 Å². The first-order valence-electron chi connectivity index (χ1n) is 7.41. The van der Waals surface area contributed by atoms with Gasteiger partial charge < -0.3 is 14.9 Å². The third-order valence-corrected chi connectivity index (χ3v) is 4.93. The van der Waals surface area contributed by atoms with E-state index in [2.05, 4.69) is 21.8 Å². The highest BCUT2D eigenvalue weighted by Gasteiger charge is 2.35. The van der Waals surface area contributed by atoms with Gasteiger partial charge in [-0.2, -0.15) is 0 Å². The number of pyridine rings is 1. The van der Waals surface area contributed by atoms with Crippen molar-refractivity contribution in [2.75, 3.05) is 31.6 Å². The molecule has 2 fully saturated rings. The van der Waals surface area contributed by atoms with E-state index in [-0.39, 0.29) is 5.56 Å². The summed E-state index contributed by atoms with van der Waals surface area (Å²) < 4.78 is 0. The van der Waals surface area contributed by atoms with Gasteiger partial charge in [0.1, 0.15) is 16.5 Å². The molecule has 0 aliphatic carbocycles. The molecule has 114 valence electrons. The minimum absolute atomic E-state index is 0.238. The zero-order valence-electron chi connectivity index (χ0n) is 12.1. The highest BCUT2D eigenvalue weighted by atomic mass is 35.5. The lowest BCUT2D eigenvalue weighted by Crippen LogP contribution is -2.53. The molecule has 2 saturated heterocycles. The van der Waals surface area contributed by atoms with Crippen molar-refractivity contribution in [3.63, 3.8) is 0 Å². The predicted octanol–water partition coefficient (Wildman–Crippen LogP) is 2.35. The zero-order chi connectivity index (χ0) is 15.0. The number of rotatable bonds is 2. The number of nitrogens with zero attached hydrogens (tertiary/aromatic N) is 3. The van der Waals surface area contributed by atoms with Crippen LogP contribution in [-0.4, -0.2) is 53.7 Å². The van der Waals surface area contributed by atoms with Gasteiger partial charge in [0, 0.05) is 19.1 Å². The predicted molar refractivity (Wildman–Crippen MR) is 82.2 cm³/mol. The maximum atomic E-state index is 11.4. The summed E-state index contributed by atoms with van der Waals surface area (Å²) in [5, 5.41) is 9.69. The van der Waals surface area contributed by atoms with E-state index in [0.29, 0.717) is 22.9 Å². The van der Waals surface area contributed by atoms with E-state index in [1.807, 2.05) is 0 Å². The Bertz CT molecular complexity index is 552. The van der Waals surface area contributed by atoms with E-state index in [9.17, 15) is 9.90 Å². The van der Waals surface area contributed by atoms with Gasteiger partial charge in [0.25, 0.3) is 0 Å². The lowest BCUT2D eigenvalue weighted by Gasteiger charge is -2.46. The topological polar surface area (TPSA) is 56.7 Å². The molecule has 3 rings (SSSR count). The van der Waals surface area contributed by atoms with Crippen LogP contribution in [-0.2, 0) is 0 Å². The van der Waals surface area contributed by atoms with Gasteiger partial charge in [-0.3, -0.25) is 0 Å². The maximum Gasteiger partial charge on any atom is 0.339 e. The van der Waals surface area contributed by atoms with Crippen LogP contribution in [0.1, 0.15) is 29.6 Å². The Morgan fingerprint density at radius 1 is 1.38 bits per heavy atom. The number of aromatic carboxylic acids is 1. The third-order valence-electron chi connectivity index (χ3n) is 4.72. The minimum Gasteiger partial charge on any atom is -0.478 e. The fraction of sp³-hybridized carbons (Fsp3) is 0.600. The van der Waals surface area contributed by atoms with Gasteiger partial charge in [0.15, 0.2) is 0 Å². The number of carboxylic acids is 1. The summed E-state index contributed by atoms with van der Waals surface area (Å²) in [6.45, 7) is 2.86. The number of fused-ring (bicyclic) bond motifs is 1. The van der Waals surface area contributed by atoms with Gasteiger partial charge >= 0.3 is 5.97 Å². The van der Waals surface area contributed by atoms with Gasteiger partial charge in [-0.05, 0) is 50.9 Å². The highest BCUT2D eigenvalue weighted by Crippen LogP contribution is 2.32. The van der Waals surface area contributed by atoms with E-state index >= 15 is 0 Å². The fourth-order valence-electron chi connectivity index (χ4n) is 3.68. The van der Waals surface area contributed by atoms with Crippen molar-refractivity contribution in [3.8, 4) is 0 Å². The van der Waals surface area contributed by atoms with Crippen molar-refractivity contribution < 1.29 is 9.90 Å². The Morgan fingerprint density at radius 3 is 2.95 bits per heavy atom. The quantitative estimate of drug-likeness (QED) is 0.850. The van der Waals surface area contributed by atoms with Crippen LogP contribution in [0.25, 0.3) is 0 Å². The number of likely N-dealkylation sites (tertiary alicyclic amines) is 1. The molecule has 2 aliphatic heterocycles. The summed E-state index contributed by atoms with van der Waals surface area (Å²) in [5.74, 6) is 0.152. The van der Waals surface area contributed by atoms with Gasteiger partial charge in [-0.25, -0.2) is 9.78 Å². The lowest BCUT2D eigenvalue weighted by molar-refractivity contribution is 0.0696. The van der Waals surface area contributed by atoms with Gasteiger partial charge in [-0.15, -0.1) is 0 Å². The van der Waals surface area contributed by atoms with Crippen molar-refractivity contribution in [1.29, 1.82) is 0 Å². The first-order valence-corrected chi connectivity index (χ1v) is 7.79. The number of halogens is 1. The first-order chi connectivity index (χ1) is 10.1. The lowest BCUT2D eigenvalue weighted by atomic mass is 9.84. The van der Waals surface area contributed by atoms with Crippen LogP contribution in [0.5, 0.6) is 0 Å². The van der Waals surface area contributed by atoms with Crippen LogP contribution in [0.3, 0.4) is 0 Å². The molecule has 2 atom stereocenters. The second-order valence-corrected chi connectivity index (χ2v) is 6.38. The summed E-state index contributed by atoms with van der Waals surface area (Å²) in [6, 6.07) is 3.70. The molecule has 2 aliphatic rings. The smallest absolute Gasteiger partial charge is 0.339 e. The van der Waals surface area contributed by atoms with Crippen LogP contribution < -0.4 is 4.90 Å². The molecule has 21 heavy (non-hydrogen) atoms. The average Bonchev–Trinajstić information content (AvgIpc) is 2.46. The number of hydrogen-bond donors (Lipinski definition) is 1. The van der Waals surface area contributed by atoms with E-state index in [1.54, 1.807) is 6.07 Å². The second-order valence-electron chi connectivity index (χ2n) is 6.00. The average molecular weight is 310 g/mol. The van der Waals surface area contributed by atoms with Crippen molar-refractivity contribution in [1.82, 2.24) is 9.88 Å². The number of piperidine rings is 2. The Kier molecular flexibility index (Phi) is 4.04. The van der Waals surface area contributed by atoms with E-state index in [4.69, 9.17) is 11.6 Å². The summed E-state index contributed by atoms with van der Waals surface area (Å²) in [6.07, 6.45) is 3.46. The Balaban J connectivity index is 1.85. The minimum atomic E-state index is -0.947. The van der Waals surface area contributed by atoms with Crippen molar-refractivity contribution >= 4 is 23.4 Å². The van der Waals surface area contributed by atoms with E-state index < -0.39 is 5.97 Å². The monoisotopic (exact) mass is 309 g/mol. The van der Waals surface area contributed by atoms with Crippen molar-refractivity contribution in [2.45, 2.75) is 25.3 Å². The number of carboxylic acid groups (broad SMARTS) is 1. The molecule has 0 amide bonds. The number of hydrogen-bond acceptors (Lipinski definition) is 4. The number of aromatic nitrogens is 1. The Labute approximate surface area is 129 Å². The van der Waals surface area contributed by atoms with Crippen molar-refractivity contribution in [3.05, 3.63) is 22.8 Å². The molecule has 6 heteroatoms. The molecule has 0 bridgehead atoms. The fourth-order valence-corrected chi connectivity index (χ4v) is 3.82. The van der Waals surface area contributed by atoms with Crippen LogP contribution in [0.15, 0.2) is 12.1 Å². The van der Waals surface area contributed by atoms with Gasteiger partial charge in [0.2, 0.25) is 0 Å². The molecule has 0 saturated carbocycles. The molecule has 1 aromatic rings. The van der Waals surface area contributed by atoms with Crippen LogP contribution >= 0.6 is 11.6 Å². The standard InChI is InChI=1S/C15H20ClN3O2/c1-18-7-2-3-10-9-19(8-6-12(10)18)14-11(15(20)21)4-5-13(16)17-14/h4-5,10,12H,2-3,6-9H2,1H3,(H,20,21). The summed E-state index contributed by atoms with van der Waals surface area (Å²) in [4.78, 5) is 20.2. The van der Waals surface area contributed by atoms with E-state index in [0.717, 1.165) is 26.1 Å². The maximum absolute atomic E-state index is 11.4. The molecule has 3 heterocycles. The molecule has 1 N–H and O–H groups in total. The van der Waals surface area contributed by atoms with Crippen molar-refractivity contribution in [2.24, 2.45) is 5.92 Å². The summed E-state index contributed by atoms with van der Waals surface area (Å²) in [5.41, 5.74) is 0.238. The second kappa shape index (κ2) is 5.81. The van der Waals surface area contributed by atoms with Crippen LogP contribution in [0.4, 0.5) is 5.82 Å². The van der Waals surface area contributed by atoms with E-state index in [1.165, 1.54) is 18.9 Å². The number of anilines is 1. The summed E-state index contributed by atoms with van der Waals surface area (Å²) in [7, 11) is 2.19. The zero-order valence-corrected chi connectivity index (χ0v) is 12.9. The van der Waals surface area contributed by atoms with Crippen LogP contribution in [0.2, 0.25) is 5.15 Å². The van der Waals surface area contributed by atoms with Crippen LogP contribution in [0, 0.1) is 5.92 Å². The first kappa shape index (κ1) is 14.6. The molecule has 2 unspecified atom stereocenters. The molecule has 0 aromatic carbocycles. The summed E-state index contributed by atoms with van der Waals surface area (Å²) >= 11 is 5.96. The third kappa shape index (κ3) is 2.85. The molecular weight excluding hydrogens is 290 g/mol. The highest BCUT2D eigenvalue weighted by molar-refractivity contribution is 6.29. The Hall–Kier alpha value is -1.33. The van der Waals surface area contributed by atoms with Gasteiger partial charge in [-0.1, -0.05) is 11.6 Å². The largest absolute Gasteiger partial charge is 0.478 e. The SMILES string of the molecule is CN1CCCC2CN(c3nc(Cl)ccc3C(=O)O)CCC21. The molecular formula is C15H20ClN3O2. The molecule has 5 nitrogen and oxygen atoms in total. The Morgan fingerprint density at radius 2 is 2.19 bits per heavy atom. The molecule has 0 spiro atoms. The molecule has 1 aromatic heterocycles.